The molecule has 0 saturated carbocycles. The molecular formula is C19H31N3O. The number of amides is 1. The molecule has 1 fully saturated rings. The fraction of sp³-hybridized carbons (Fsp3) is 0.632. The van der Waals surface area contributed by atoms with Gasteiger partial charge in [-0.1, -0.05) is 30.3 Å². The second kappa shape index (κ2) is 8.46. The summed E-state index contributed by atoms with van der Waals surface area (Å²) in [5, 5.41) is 0. The van der Waals surface area contributed by atoms with Crippen molar-refractivity contribution in [3.05, 3.63) is 35.9 Å². The van der Waals surface area contributed by atoms with Crippen molar-refractivity contribution in [2.45, 2.75) is 46.3 Å². The van der Waals surface area contributed by atoms with E-state index < -0.39 is 0 Å². The molecule has 1 heterocycles. The summed E-state index contributed by atoms with van der Waals surface area (Å²) in [5.74, 6) is 0.245. The molecule has 0 bridgehead atoms. The molecule has 128 valence electrons. The highest BCUT2D eigenvalue weighted by atomic mass is 16.2. The summed E-state index contributed by atoms with van der Waals surface area (Å²) in [4.78, 5) is 19.6. The van der Waals surface area contributed by atoms with Crippen molar-refractivity contribution < 1.29 is 4.79 Å². The average Bonchev–Trinajstić information content (AvgIpc) is 2.59. The first-order valence-electron chi connectivity index (χ1n) is 8.83. The molecule has 2 rings (SSSR count). The van der Waals surface area contributed by atoms with Crippen molar-refractivity contribution in [2.24, 2.45) is 0 Å². The molecule has 1 aliphatic rings. The second-order valence-corrected chi connectivity index (χ2v) is 6.68. The van der Waals surface area contributed by atoms with Gasteiger partial charge < -0.3 is 4.90 Å². The Kier molecular flexibility index (Phi) is 6.60. The molecule has 23 heavy (non-hydrogen) atoms. The van der Waals surface area contributed by atoms with E-state index in [9.17, 15) is 4.79 Å². The van der Waals surface area contributed by atoms with E-state index in [2.05, 4.69) is 49.6 Å². The van der Waals surface area contributed by atoms with E-state index in [-0.39, 0.29) is 11.9 Å². The highest BCUT2D eigenvalue weighted by Gasteiger charge is 2.28. The van der Waals surface area contributed by atoms with Gasteiger partial charge >= 0.3 is 0 Å². The van der Waals surface area contributed by atoms with E-state index >= 15 is 0 Å². The number of hydrogen-bond donors (Lipinski definition) is 0. The summed E-state index contributed by atoms with van der Waals surface area (Å²) in [6.07, 6.45) is 0. The molecule has 1 aromatic carbocycles. The third kappa shape index (κ3) is 4.79. The molecule has 0 aromatic heterocycles. The molecule has 4 heteroatoms. The summed E-state index contributed by atoms with van der Waals surface area (Å²) < 4.78 is 0. The van der Waals surface area contributed by atoms with Gasteiger partial charge in [-0.15, -0.1) is 0 Å². The lowest BCUT2D eigenvalue weighted by molar-refractivity contribution is -0.137. The summed E-state index contributed by atoms with van der Waals surface area (Å²) in [6, 6.07) is 10.8. The molecular weight excluding hydrogens is 286 g/mol. The SMILES string of the molecule is CCN(Cc1ccccc1)C(=O)C(C)N1CCN(C(C)C)CC1. The Balaban J connectivity index is 1.92. The van der Waals surface area contributed by atoms with Crippen LogP contribution in [-0.2, 0) is 11.3 Å². The van der Waals surface area contributed by atoms with Crippen molar-refractivity contribution >= 4 is 5.91 Å². The summed E-state index contributed by atoms with van der Waals surface area (Å²) in [7, 11) is 0. The van der Waals surface area contributed by atoms with Gasteiger partial charge in [0.25, 0.3) is 0 Å². The minimum Gasteiger partial charge on any atom is -0.337 e. The average molecular weight is 317 g/mol. The molecule has 0 aliphatic carbocycles. The predicted molar refractivity (Wildman–Crippen MR) is 95.3 cm³/mol. The van der Waals surface area contributed by atoms with Crippen molar-refractivity contribution in [1.29, 1.82) is 0 Å². The lowest BCUT2D eigenvalue weighted by Crippen LogP contribution is -2.55. The minimum atomic E-state index is -0.0343. The predicted octanol–water partition coefficient (Wildman–Crippen LogP) is 2.45. The van der Waals surface area contributed by atoms with Crippen LogP contribution in [0, 0.1) is 0 Å². The van der Waals surface area contributed by atoms with Crippen LogP contribution >= 0.6 is 0 Å². The maximum Gasteiger partial charge on any atom is 0.239 e. The van der Waals surface area contributed by atoms with E-state index in [4.69, 9.17) is 0 Å². The van der Waals surface area contributed by atoms with Crippen molar-refractivity contribution in [2.75, 3.05) is 32.7 Å². The second-order valence-electron chi connectivity index (χ2n) is 6.68. The van der Waals surface area contributed by atoms with Gasteiger partial charge in [-0.25, -0.2) is 0 Å². The first-order valence-corrected chi connectivity index (χ1v) is 8.83. The molecule has 0 radical (unpaired) electrons. The third-order valence-electron chi connectivity index (χ3n) is 4.89. The van der Waals surface area contributed by atoms with E-state index in [0.717, 1.165) is 32.7 Å². The maximum atomic E-state index is 12.9. The van der Waals surface area contributed by atoms with Crippen LogP contribution in [-0.4, -0.2) is 65.4 Å². The van der Waals surface area contributed by atoms with Crippen LogP contribution in [0.3, 0.4) is 0 Å². The summed E-state index contributed by atoms with van der Waals surface area (Å²) >= 11 is 0. The number of rotatable bonds is 6. The molecule has 1 saturated heterocycles. The van der Waals surface area contributed by atoms with E-state index in [1.165, 1.54) is 5.56 Å². The Hall–Kier alpha value is -1.39. The van der Waals surface area contributed by atoms with Crippen LogP contribution in [0.5, 0.6) is 0 Å². The first kappa shape index (κ1) is 18.0. The van der Waals surface area contributed by atoms with Gasteiger partial charge in [0.05, 0.1) is 6.04 Å². The Morgan fingerprint density at radius 2 is 1.61 bits per heavy atom. The number of hydrogen-bond acceptors (Lipinski definition) is 3. The lowest BCUT2D eigenvalue weighted by atomic mass is 10.1. The van der Waals surface area contributed by atoms with Gasteiger partial charge in [0.2, 0.25) is 5.91 Å². The van der Waals surface area contributed by atoms with Gasteiger partial charge in [-0.05, 0) is 33.3 Å². The van der Waals surface area contributed by atoms with E-state index in [1.807, 2.05) is 23.1 Å². The Labute approximate surface area is 141 Å². The van der Waals surface area contributed by atoms with Gasteiger partial charge in [0, 0.05) is 45.3 Å². The van der Waals surface area contributed by atoms with Gasteiger partial charge in [-0.2, -0.15) is 0 Å². The van der Waals surface area contributed by atoms with Gasteiger partial charge in [0.15, 0.2) is 0 Å². The van der Waals surface area contributed by atoms with Crippen molar-refractivity contribution in [1.82, 2.24) is 14.7 Å². The molecule has 1 aromatic rings. The van der Waals surface area contributed by atoms with Crippen LogP contribution in [0.15, 0.2) is 30.3 Å². The van der Waals surface area contributed by atoms with E-state index in [0.29, 0.717) is 12.6 Å². The number of nitrogens with zero attached hydrogens (tertiary/aromatic N) is 3. The van der Waals surface area contributed by atoms with Crippen LogP contribution in [0.2, 0.25) is 0 Å². The zero-order chi connectivity index (χ0) is 16.8. The van der Waals surface area contributed by atoms with Crippen molar-refractivity contribution in [3.63, 3.8) is 0 Å². The number of piperazine rings is 1. The van der Waals surface area contributed by atoms with Crippen molar-refractivity contribution in [3.8, 4) is 0 Å². The zero-order valence-electron chi connectivity index (χ0n) is 15.0. The Morgan fingerprint density at radius 3 is 2.13 bits per heavy atom. The molecule has 1 unspecified atom stereocenters. The fourth-order valence-corrected chi connectivity index (χ4v) is 3.21. The Bertz CT molecular complexity index is 481. The standard InChI is InChI=1S/C19H31N3O/c1-5-20(15-18-9-7-6-8-10-18)19(23)17(4)22-13-11-21(12-14-22)16(2)3/h6-10,16-17H,5,11-15H2,1-4H3. The topological polar surface area (TPSA) is 26.8 Å². The van der Waals surface area contributed by atoms with Crippen LogP contribution in [0.1, 0.15) is 33.3 Å². The quantitative estimate of drug-likeness (QED) is 0.806. The molecule has 1 amide bonds. The van der Waals surface area contributed by atoms with Crippen LogP contribution in [0.25, 0.3) is 0 Å². The lowest BCUT2D eigenvalue weighted by Gasteiger charge is -2.40. The van der Waals surface area contributed by atoms with Crippen LogP contribution < -0.4 is 0 Å². The number of carbonyl (C=O) groups excluding carboxylic acids is 1. The number of likely N-dealkylation sites (N-methyl/N-ethyl adjacent to an activating group) is 1. The number of benzene rings is 1. The number of carbonyl (C=O) groups is 1. The largest absolute Gasteiger partial charge is 0.337 e. The molecule has 1 aliphatic heterocycles. The molecule has 0 N–H and O–H groups in total. The first-order chi connectivity index (χ1) is 11.0. The normalized spacial score (nSPS) is 18.1. The van der Waals surface area contributed by atoms with Crippen LogP contribution in [0.4, 0.5) is 0 Å². The minimum absolute atomic E-state index is 0.0343. The molecule has 4 nitrogen and oxygen atoms in total. The molecule has 0 spiro atoms. The smallest absolute Gasteiger partial charge is 0.239 e. The van der Waals surface area contributed by atoms with Gasteiger partial charge in [-0.3, -0.25) is 14.6 Å². The molecule has 1 atom stereocenters. The van der Waals surface area contributed by atoms with Gasteiger partial charge in [0.1, 0.15) is 0 Å². The zero-order valence-corrected chi connectivity index (χ0v) is 15.0. The monoisotopic (exact) mass is 317 g/mol. The fourth-order valence-electron chi connectivity index (χ4n) is 3.21. The maximum absolute atomic E-state index is 12.9. The third-order valence-corrected chi connectivity index (χ3v) is 4.89. The highest BCUT2D eigenvalue weighted by Crippen LogP contribution is 2.13. The summed E-state index contributed by atoms with van der Waals surface area (Å²) in [5.41, 5.74) is 1.19. The Morgan fingerprint density at radius 1 is 1.04 bits per heavy atom. The van der Waals surface area contributed by atoms with E-state index in [1.54, 1.807) is 0 Å². The highest BCUT2D eigenvalue weighted by molar-refractivity contribution is 5.81. The summed E-state index contributed by atoms with van der Waals surface area (Å²) in [6.45, 7) is 14.1.